The second kappa shape index (κ2) is 11.7. The Morgan fingerprint density at radius 1 is 1.16 bits per heavy atom. The van der Waals surface area contributed by atoms with E-state index in [4.69, 9.17) is 11.6 Å². The molecule has 0 spiro atoms. The van der Waals surface area contributed by atoms with Crippen LogP contribution in [0.1, 0.15) is 31.4 Å². The van der Waals surface area contributed by atoms with E-state index in [-0.39, 0.29) is 20.9 Å². The molecule has 1 aromatic heterocycles. The molecule has 3 aromatic rings. The summed E-state index contributed by atoms with van der Waals surface area (Å²) in [5.74, 6) is -1.13. The molecule has 0 radical (unpaired) electrons. The molecular formula is C26H26BrClN4O4S2. The van der Waals surface area contributed by atoms with Crippen LogP contribution in [0.5, 0.6) is 0 Å². The van der Waals surface area contributed by atoms with Crippen LogP contribution in [0, 0.1) is 5.92 Å². The van der Waals surface area contributed by atoms with E-state index < -0.39 is 34.0 Å². The highest BCUT2D eigenvalue weighted by Crippen LogP contribution is 2.34. The number of likely N-dealkylation sites (N-methyl/N-ethyl adjacent to an activating group) is 1. The van der Waals surface area contributed by atoms with Gasteiger partial charge in [0.2, 0.25) is 12.1 Å². The van der Waals surface area contributed by atoms with Crippen molar-refractivity contribution in [1.29, 1.82) is 0 Å². The predicted octanol–water partition coefficient (Wildman–Crippen LogP) is 4.81. The van der Waals surface area contributed by atoms with Gasteiger partial charge in [-0.25, -0.2) is 13.4 Å². The number of carbonyl (C=O) groups is 2. The number of para-hydroxylation sites is 1. The Kier molecular flexibility index (Phi) is 8.73. The monoisotopic (exact) mass is 636 g/mol. The molecule has 38 heavy (non-hydrogen) atoms. The molecular weight excluding hydrogens is 612 g/mol. The number of nitrogens with zero attached hydrogens (tertiary/aromatic N) is 2. The first-order valence-corrected chi connectivity index (χ1v) is 15.2. The topological polar surface area (TPSA) is 108 Å². The van der Waals surface area contributed by atoms with Crippen LogP contribution in [0.4, 0.5) is 5.69 Å². The number of sulfonamides is 1. The summed E-state index contributed by atoms with van der Waals surface area (Å²) in [6, 6.07) is 17.1. The molecule has 2 atom stereocenters. The van der Waals surface area contributed by atoms with Gasteiger partial charge in [0.25, 0.3) is 15.9 Å². The van der Waals surface area contributed by atoms with E-state index in [0.717, 1.165) is 22.5 Å². The highest BCUT2D eigenvalue weighted by atomic mass is 79.9. The molecule has 0 saturated heterocycles. The molecule has 2 heterocycles. The van der Waals surface area contributed by atoms with E-state index >= 15 is 0 Å². The zero-order valence-electron chi connectivity index (χ0n) is 20.8. The van der Waals surface area contributed by atoms with E-state index in [1.807, 2.05) is 68.4 Å². The number of anilines is 1. The van der Waals surface area contributed by atoms with Crippen molar-refractivity contribution in [3.8, 4) is 0 Å². The van der Waals surface area contributed by atoms with Crippen LogP contribution < -0.4 is 14.9 Å². The predicted molar refractivity (Wildman–Crippen MR) is 154 cm³/mol. The molecule has 1 aliphatic rings. The minimum atomic E-state index is -4.08. The number of rotatable bonds is 8. The molecule has 0 aliphatic carbocycles. The highest BCUT2D eigenvalue weighted by Gasteiger charge is 2.35. The first kappa shape index (κ1) is 28.4. The maximum absolute atomic E-state index is 13.5. The van der Waals surface area contributed by atoms with Crippen molar-refractivity contribution >= 4 is 72.1 Å². The normalized spacial score (nSPS) is 16.6. The quantitative estimate of drug-likeness (QED) is 0.370. The van der Waals surface area contributed by atoms with Gasteiger partial charge in [-0.05, 0) is 40.4 Å². The third-order valence-corrected chi connectivity index (χ3v) is 10.3. The Labute approximate surface area is 239 Å². The van der Waals surface area contributed by atoms with Crippen molar-refractivity contribution in [3.63, 3.8) is 0 Å². The van der Waals surface area contributed by atoms with E-state index in [0.29, 0.717) is 15.9 Å². The molecule has 0 bridgehead atoms. The first-order valence-electron chi connectivity index (χ1n) is 11.8. The smallest absolute Gasteiger partial charge is 0.272 e. The van der Waals surface area contributed by atoms with Gasteiger partial charge >= 0.3 is 0 Å². The summed E-state index contributed by atoms with van der Waals surface area (Å²) in [5, 5.41) is 2.69. The van der Waals surface area contributed by atoms with Crippen molar-refractivity contribution in [3.05, 3.63) is 80.6 Å². The van der Waals surface area contributed by atoms with Gasteiger partial charge in [0.1, 0.15) is 6.04 Å². The standard InChI is InChI=1S/C26H26BrClN4O4S2/c1-15(2)13-19(31-38(35,36)26-18(27)14-21(28)37-26)24(33)30-23-25(34)32(3)20-12-8-7-11-17(20)22(29-23)16-9-5-4-6-10-16/h4-12,14-15,19,23,31H,13H2,1-3H3,(H,30,33). The summed E-state index contributed by atoms with van der Waals surface area (Å²) in [5.41, 5.74) is 2.71. The number of benzene rings is 2. The molecule has 2 amide bonds. The van der Waals surface area contributed by atoms with Crippen LogP contribution in [0.3, 0.4) is 0 Å². The number of amides is 2. The van der Waals surface area contributed by atoms with Crippen LogP contribution in [0.25, 0.3) is 0 Å². The number of aliphatic imine (C=N–C) groups is 1. The molecule has 2 aromatic carbocycles. The van der Waals surface area contributed by atoms with Gasteiger partial charge in [-0.3, -0.25) is 9.59 Å². The molecule has 8 nitrogen and oxygen atoms in total. The van der Waals surface area contributed by atoms with Gasteiger partial charge in [0, 0.05) is 18.2 Å². The highest BCUT2D eigenvalue weighted by molar-refractivity contribution is 9.10. The van der Waals surface area contributed by atoms with E-state index in [1.54, 1.807) is 7.05 Å². The van der Waals surface area contributed by atoms with Gasteiger partial charge in [-0.2, -0.15) is 4.72 Å². The van der Waals surface area contributed by atoms with Gasteiger partial charge in [-0.1, -0.05) is 74.0 Å². The van der Waals surface area contributed by atoms with E-state index in [1.165, 1.54) is 11.0 Å². The SMILES string of the molecule is CC(C)CC(NS(=O)(=O)c1sc(Cl)cc1Br)C(=O)NC1N=C(c2ccccc2)c2ccccc2N(C)C1=O. The summed E-state index contributed by atoms with van der Waals surface area (Å²) in [6.07, 6.45) is -1.06. The zero-order valence-corrected chi connectivity index (χ0v) is 24.8. The van der Waals surface area contributed by atoms with Crippen LogP contribution in [-0.2, 0) is 19.6 Å². The Morgan fingerprint density at radius 3 is 2.45 bits per heavy atom. The van der Waals surface area contributed by atoms with Gasteiger partial charge < -0.3 is 10.2 Å². The lowest BCUT2D eigenvalue weighted by Crippen LogP contribution is -2.53. The summed E-state index contributed by atoms with van der Waals surface area (Å²) >= 11 is 10.1. The lowest BCUT2D eigenvalue weighted by Gasteiger charge is -2.24. The number of hydrogen-bond donors (Lipinski definition) is 2. The summed E-state index contributed by atoms with van der Waals surface area (Å²) < 4.78 is 29.3. The number of halogens is 2. The number of fused-ring (bicyclic) bond motifs is 1. The van der Waals surface area contributed by atoms with Gasteiger partial charge in [0.15, 0.2) is 4.21 Å². The molecule has 2 N–H and O–H groups in total. The fraction of sp³-hybridized carbons (Fsp3) is 0.269. The van der Waals surface area contributed by atoms with Crippen molar-refractivity contribution in [1.82, 2.24) is 10.0 Å². The average molecular weight is 638 g/mol. The zero-order chi connectivity index (χ0) is 27.6. The van der Waals surface area contributed by atoms with E-state index in [9.17, 15) is 18.0 Å². The van der Waals surface area contributed by atoms with E-state index in [2.05, 4.69) is 31.0 Å². The van der Waals surface area contributed by atoms with Gasteiger partial charge in [-0.15, -0.1) is 11.3 Å². The molecule has 4 rings (SSSR count). The van der Waals surface area contributed by atoms with Crippen molar-refractivity contribution in [2.45, 2.75) is 36.7 Å². The number of benzodiazepines with no additional fused rings is 1. The maximum atomic E-state index is 13.5. The molecule has 0 saturated carbocycles. The minimum absolute atomic E-state index is 0.0241. The largest absolute Gasteiger partial charge is 0.325 e. The molecule has 2 unspecified atom stereocenters. The Bertz CT molecular complexity index is 1490. The summed E-state index contributed by atoms with van der Waals surface area (Å²) in [4.78, 5) is 33.1. The fourth-order valence-corrected chi connectivity index (χ4v) is 8.34. The molecule has 1 aliphatic heterocycles. The second-order valence-electron chi connectivity index (χ2n) is 9.16. The average Bonchev–Trinajstić information content (AvgIpc) is 3.19. The number of hydrogen-bond acceptors (Lipinski definition) is 6. The van der Waals surface area contributed by atoms with Crippen molar-refractivity contribution in [2.24, 2.45) is 10.9 Å². The van der Waals surface area contributed by atoms with Crippen LogP contribution in [0.2, 0.25) is 4.34 Å². The third kappa shape index (κ3) is 6.18. The van der Waals surface area contributed by atoms with Crippen molar-refractivity contribution < 1.29 is 18.0 Å². The molecule has 0 fully saturated rings. The second-order valence-corrected chi connectivity index (χ2v) is 13.6. The minimum Gasteiger partial charge on any atom is -0.325 e. The number of carbonyl (C=O) groups excluding carboxylic acids is 2. The first-order chi connectivity index (χ1) is 18.0. The third-order valence-electron chi connectivity index (χ3n) is 5.86. The Morgan fingerprint density at radius 2 is 1.82 bits per heavy atom. The maximum Gasteiger partial charge on any atom is 0.272 e. The Balaban J connectivity index is 1.69. The van der Waals surface area contributed by atoms with Crippen LogP contribution >= 0.6 is 38.9 Å². The lowest BCUT2D eigenvalue weighted by atomic mass is 10.0. The van der Waals surface area contributed by atoms with Gasteiger partial charge in [0.05, 0.1) is 20.2 Å². The number of thiophene rings is 1. The molecule has 12 heteroatoms. The van der Waals surface area contributed by atoms with Crippen LogP contribution in [-0.4, -0.2) is 45.2 Å². The number of nitrogens with one attached hydrogen (secondary N) is 2. The van der Waals surface area contributed by atoms with Crippen LogP contribution in [0.15, 0.2) is 74.3 Å². The summed E-state index contributed by atoms with van der Waals surface area (Å²) in [6.45, 7) is 3.75. The summed E-state index contributed by atoms with van der Waals surface area (Å²) in [7, 11) is -2.46. The van der Waals surface area contributed by atoms with Crippen molar-refractivity contribution in [2.75, 3.05) is 11.9 Å². The molecule has 200 valence electrons. The fourth-order valence-electron chi connectivity index (χ4n) is 4.11. The Hall–Kier alpha value is -2.57. The lowest BCUT2D eigenvalue weighted by molar-refractivity contribution is -0.128.